The van der Waals surface area contributed by atoms with Crippen LogP contribution in [0.1, 0.15) is 71.6 Å². The van der Waals surface area contributed by atoms with Crippen LogP contribution in [0.3, 0.4) is 0 Å². The lowest BCUT2D eigenvalue weighted by molar-refractivity contribution is -0.170. The quantitative estimate of drug-likeness (QED) is 0.304. The van der Waals surface area contributed by atoms with Crippen molar-refractivity contribution in [2.75, 3.05) is 0 Å². The van der Waals surface area contributed by atoms with E-state index in [9.17, 15) is 9.70 Å². The molecule has 0 radical (unpaired) electrons. The Balaban J connectivity index is 1.65. The number of carbonyl (C=O) groups excluding carboxylic acids is 1. The molecule has 0 aromatic heterocycles. The van der Waals surface area contributed by atoms with Crippen LogP contribution < -0.4 is 0 Å². The van der Waals surface area contributed by atoms with Crippen molar-refractivity contribution in [3.8, 4) is 12.3 Å². The maximum Gasteiger partial charge on any atom is 0.304 e. The number of nitrogens with zero attached hydrogens (tertiary/aromatic N) is 1. The van der Waals surface area contributed by atoms with Crippen LogP contribution in [0.4, 0.5) is 0 Å². The van der Waals surface area contributed by atoms with Crippen molar-refractivity contribution >= 4 is 5.97 Å². The molecule has 0 bridgehead atoms. The second kappa shape index (κ2) is 6.76. The van der Waals surface area contributed by atoms with Gasteiger partial charge in [0.25, 0.3) is 0 Å². The van der Waals surface area contributed by atoms with E-state index in [2.05, 4.69) is 24.1 Å². The van der Waals surface area contributed by atoms with E-state index in [1.807, 2.05) is 0 Å². The van der Waals surface area contributed by atoms with Crippen LogP contribution in [-0.4, -0.2) is 17.6 Å². The normalized spacial score (nSPS) is 45.5. The molecule has 3 saturated carbocycles. The Morgan fingerprint density at radius 2 is 2.07 bits per heavy atom. The summed E-state index contributed by atoms with van der Waals surface area (Å²) >= 11 is 0. The van der Waals surface area contributed by atoms with Gasteiger partial charge in [-0.05, 0) is 81.5 Å². The minimum Gasteiger partial charge on any atom is -0.445 e. The summed E-state index contributed by atoms with van der Waals surface area (Å²) in [7, 11) is 0. The zero-order valence-electron chi connectivity index (χ0n) is 16.6. The van der Waals surface area contributed by atoms with Crippen molar-refractivity contribution < 1.29 is 9.53 Å². The average molecular weight is 370 g/mol. The van der Waals surface area contributed by atoms with Crippen molar-refractivity contribution in [1.82, 2.24) is 0 Å². The molecule has 0 amide bonds. The van der Waals surface area contributed by atoms with E-state index in [0.29, 0.717) is 23.7 Å². The Morgan fingerprint density at radius 1 is 1.26 bits per heavy atom. The smallest absolute Gasteiger partial charge is 0.304 e. The minimum atomic E-state index is -0.724. The third-order valence-electron chi connectivity index (χ3n) is 8.57. The van der Waals surface area contributed by atoms with Crippen LogP contribution in [0.2, 0.25) is 0 Å². The van der Waals surface area contributed by atoms with Gasteiger partial charge in [-0.3, -0.25) is 4.79 Å². The van der Waals surface area contributed by atoms with Crippen LogP contribution in [0.25, 0.3) is 0 Å². The molecular weight excluding hydrogens is 338 g/mol. The zero-order valence-corrected chi connectivity index (χ0v) is 16.6. The van der Waals surface area contributed by atoms with Crippen LogP contribution >= 0.6 is 0 Å². The van der Waals surface area contributed by atoms with E-state index in [1.165, 1.54) is 18.9 Å². The first-order valence-electron chi connectivity index (χ1n) is 10.7. The van der Waals surface area contributed by atoms with Gasteiger partial charge in [-0.2, -0.15) is 4.91 Å². The minimum absolute atomic E-state index is 0.0721. The molecule has 4 aliphatic rings. The Bertz CT molecular complexity index is 707. The van der Waals surface area contributed by atoms with Crippen molar-refractivity contribution in [2.45, 2.75) is 83.3 Å². The van der Waals surface area contributed by atoms with Gasteiger partial charge >= 0.3 is 5.97 Å². The number of esters is 1. The molecular formula is C23H31NO3. The fourth-order valence-electron chi connectivity index (χ4n) is 7.58. The van der Waals surface area contributed by atoms with Crippen LogP contribution in [0.15, 0.2) is 16.8 Å². The molecule has 4 aliphatic carbocycles. The third kappa shape index (κ3) is 2.61. The maximum atomic E-state index is 11.9. The molecule has 7 atom stereocenters. The van der Waals surface area contributed by atoms with E-state index in [-0.39, 0.29) is 17.4 Å². The fourth-order valence-corrected chi connectivity index (χ4v) is 7.58. The summed E-state index contributed by atoms with van der Waals surface area (Å²) in [6.45, 7) is 3.71. The number of fused-ring (bicyclic) bond motifs is 5. The first-order chi connectivity index (χ1) is 13.0. The van der Waals surface area contributed by atoms with E-state index >= 15 is 0 Å². The predicted octanol–water partition coefficient (Wildman–Crippen LogP) is 5.02. The molecule has 0 aromatic rings. The van der Waals surface area contributed by atoms with Gasteiger partial charge in [0.05, 0.1) is 0 Å². The fraction of sp³-hybridized carbons (Fsp3) is 0.783. The summed E-state index contributed by atoms with van der Waals surface area (Å²) in [5, 5.41) is 3.28. The molecule has 27 heavy (non-hydrogen) atoms. The highest BCUT2D eigenvalue weighted by molar-refractivity contribution is 5.67. The number of terminal acetylenes is 1. The lowest BCUT2D eigenvalue weighted by Gasteiger charge is -2.56. The van der Waals surface area contributed by atoms with Crippen molar-refractivity contribution in [1.29, 1.82) is 0 Å². The summed E-state index contributed by atoms with van der Waals surface area (Å²) in [4.78, 5) is 22.9. The molecule has 0 N–H and O–H groups in total. The standard InChI is InChI=1S/C23H31NO3/c1-4-22-12-10-19-18-9-7-17(24-26)14-16(18)6-8-20(19)21(22)11-13-23(22,5-2)27-15(3)25/h2,14,17-21H,4,6-13H2,1,3H3/t17?,18-,19+,20+,21-,22-,23+/m0/s1. The molecule has 0 aliphatic heterocycles. The Morgan fingerprint density at radius 3 is 2.74 bits per heavy atom. The summed E-state index contributed by atoms with van der Waals surface area (Å²) in [5.74, 6) is 5.22. The monoisotopic (exact) mass is 369 g/mol. The number of hydrogen-bond acceptors (Lipinski definition) is 4. The first-order valence-corrected chi connectivity index (χ1v) is 10.7. The molecule has 4 nitrogen and oxygen atoms in total. The zero-order chi connectivity index (χ0) is 19.2. The van der Waals surface area contributed by atoms with Gasteiger partial charge in [0.15, 0.2) is 5.60 Å². The highest BCUT2D eigenvalue weighted by Crippen LogP contribution is 2.67. The number of rotatable bonds is 3. The lowest BCUT2D eigenvalue weighted by Crippen LogP contribution is -2.55. The average Bonchev–Trinajstić information content (AvgIpc) is 3.01. The molecule has 4 rings (SSSR count). The Kier molecular flexibility index (Phi) is 4.69. The Labute approximate surface area is 162 Å². The second-order valence-electron chi connectivity index (χ2n) is 9.22. The number of allylic oxidation sites excluding steroid dienone is 1. The summed E-state index contributed by atoms with van der Waals surface area (Å²) in [5.41, 5.74) is 0.688. The summed E-state index contributed by atoms with van der Waals surface area (Å²) < 4.78 is 5.89. The van der Waals surface area contributed by atoms with Gasteiger partial charge in [-0.25, -0.2) is 0 Å². The topological polar surface area (TPSA) is 55.7 Å². The van der Waals surface area contributed by atoms with Crippen molar-refractivity contribution in [3.05, 3.63) is 16.6 Å². The molecule has 0 spiro atoms. The largest absolute Gasteiger partial charge is 0.445 e. The molecule has 0 heterocycles. The van der Waals surface area contributed by atoms with Crippen molar-refractivity contribution in [2.24, 2.45) is 34.3 Å². The number of carbonyl (C=O) groups is 1. The highest BCUT2D eigenvalue weighted by Gasteiger charge is 2.65. The molecule has 1 unspecified atom stereocenters. The SMILES string of the molecule is C#C[C@@]1(OC(C)=O)CC[C@H]2[C@@H]3CCC4=CC(N=O)CC[C@@H]4[C@H]3CC[C@@]21CC. The number of nitroso groups, excluding NO2 is 1. The van der Waals surface area contributed by atoms with E-state index in [4.69, 9.17) is 11.2 Å². The molecule has 3 fully saturated rings. The second-order valence-corrected chi connectivity index (χ2v) is 9.22. The van der Waals surface area contributed by atoms with Gasteiger partial charge in [-0.15, -0.1) is 6.42 Å². The molecule has 146 valence electrons. The third-order valence-corrected chi connectivity index (χ3v) is 8.57. The molecule has 0 saturated heterocycles. The van der Waals surface area contributed by atoms with Crippen LogP contribution in [-0.2, 0) is 9.53 Å². The molecule has 0 aromatic carbocycles. The van der Waals surface area contributed by atoms with Gasteiger partial charge in [0.2, 0.25) is 0 Å². The highest BCUT2D eigenvalue weighted by atomic mass is 16.6. The van der Waals surface area contributed by atoms with Gasteiger partial charge in [-0.1, -0.05) is 29.7 Å². The molecule has 4 heteroatoms. The van der Waals surface area contributed by atoms with E-state index < -0.39 is 5.60 Å². The number of hydrogen-bond donors (Lipinski definition) is 0. The van der Waals surface area contributed by atoms with E-state index in [0.717, 1.165) is 51.4 Å². The Hall–Kier alpha value is -1.63. The first kappa shape index (κ1) is 18.7. The predicted molar refractivity (Wildman–Crippen MR) is 105 cm³/mol. The summed E-state index contributed by atoms with van der Waals surface area (Å²) in [6, 6.07) is -0.115. The van der Waals surface area contributed by atoms with Gasteiger partial charge < -0.3 is 4.74 Å². The lowest BCUT2D eigenvalue weighted by atomic mass is 9.49. The number of ether oxygens (including phenoxy) is 1. The maximum absolute atomic E-state index is 11.9. The van der Waals surface area contributed by atoms with Crippen LogP contribution in [0, 0.1) is 46.3 Å². The van der Waals surface area contributed by atoms with E-state index in [1.54, 1.807) is 0 Å². The summed E-state index contributed by atoms with van der Waals surface area (Å²) in [6.07, 6.45) is 17.5. The van der Waals surface area contributed by atoms with Crippen LogP contribution in [0.5, 0.6) is 0 Å². The van der Waals surface area contributed by atoms with Gasteiger partial charge in [0, 0.05) is 12.3 Å². The van der Waals surface area contributed by atoms with Crippen molar-refractivity contribution in [3.63, 3.8) is 0 Å². The van der Waals surface area contributed by atoms with Gasteiger partial charge in [0.1, 0.15) is 6.04 Å².